The summed E-state index contributed by atoms with van der Waals surface area (Å²) in [6.45, 7) is 0. The smallest absolute Gasteiger partial charge is 0.366 e. The van der Waals surface area contributed by atoms with Gasteiger partial charge in [0.1, 0.15) is 0 Å². The summed E-state index contributed by atoms with van der Waals surface area (Å²) in [5.41, 5.74) is -0.399. The van der Waals surface area contributed by atoms with Crippen molar-refractivity contribution in [3.05, 3.63) is 35.4 Å². The first-order valence-corrected chi connectivity index (χ1v) is 6.16. The van der Waals surface area contributed by atoms with Crippen molar-refractivity contribution in [2.75, 3.05) is 0 Å². The quantitative estimate of drug-likeness (QED) is 0.612. The molecule has 1 aromatic carbocycles. The lowest BCUT2D eigenvalue weighted by Gasteiger charge is -2.09. The van der Waals surface area contributed by atoms with Crippen molar-refractivity contribution in [1.82, 2.24) is 5.48 Å². The van der Waals surface area contributed by atoms with Crippen molar-refractivity contribution >= 4 is 21.9 Å². The Bertz CT molecular complexity index is 641. The Morgan fingerprint density at radius 3 is 2.10 bits per heavy atom. The third-order valence-corrected chi connectivity index (χ3v) is 2.83. The average molecular weight is 312 g/mol. The lowest BCUT2D eigenvalue weighted by Crippen LogP contribution is -2.35. The van der Waals surface area contributed by atoms with Crippen molar-refractivity contribution in [1.29, 1.82) is 0 Å². The molecule has 3 N–H and O–H groups in total. The van der Waals surface area contributed by atoms with Gasteiger partial charge in [0, 0.05) is 0 Å². The number of primary amides is 1. The van der Waals surface area contributed by atoms with Crippen LogP contribution in [-0.4, -0.2) is 25.7 Å². The minimum atomic E-state index is -5.98. The van der Waals surface area contributed by atoms with Crippen molar-refractivity contribution in [2.45, 2.75) is 5.51 Å². The predicted octanol–water partition coefficient (Wildman–Crippen LogP) is 0.297. The summed E-state index contributed by atoms with van der Waals surface area (Å²) in [5, 5.41) is 0. The van der Waals surface area contributed by atoms with Gasteiger partial charge in [-0.1, -0.05) is 12.1 Å². The van der Waals surface area contributed by atoms with E-state index >= 15 is 0 Å². The molecule has 1 rings (SSSR count). The van der Waals surface area contributed by atoms with Crippen LogP contribution in [0.1, 0.15) is 20.7 Å². The molecule has 0 unspecified atom stereocenters. The highest BCUT2D eigenvalue weighted by Crippen LogP contribution is 2.23. The molecule has 110 valence electrons. The van der Waals surface area contributed by atoms with E-state index in [0.717, 1.165) is 17.6 Å². The van der Waals surface area contributed by atoms with Gasteiger partial charge in [0.2, 0.25) is 5.91 Å². The second kappa shape index (κ2) is 5.46. The van der Waals surface area contributed by atoms with E-state index in [4.69, 9.17) is 5.73 Å². The number of hydrogen-bond acceptors (Lipinski definition) is 5. The first-order chi connectivity index (χ1) is 9.06. The molecule has 0 atom stereocenters. The van der Waals surface area contributed by atoms with Gasteiger partial charge in [-0.3, -0.25) is 9.59 Å². The van der Waals surface area contributed by atoms with Gasteiger partial charge in [-0.2, -0.15) is 21.6 Å². The van der Waals surface area contributed by atoms with Crippen LogP contribution in [0.4, 0.5) is 13.2 Å². The number of amides is 2. The van der Waals surface area contributed by atoms with Crippen LogP contribution >= 0.6 is 0 Å². The van der Waals surface area contributed by atoms with Crippen LogP contribution in [0.25, 0.3) is 0 Å². The van der Waals surface area contributed by atoms with Crippen LogP contribution < -0.4 is 11.2 Å². The third kappa shape index (κ3) is 3.45. The fourth-order valence-corrected chi connectivity index (χ4v) is 1.37. The summed E-state index contributed by atoms with van der Waals surface area (Å²) in [6, 6.07) is 4.83. The molecule has 0 radical (unpaired) electrons. The maximum Gasteiger partial charge on any atom is 0.525 e. The zero-order valence-electron chi connectivity index (χ0n) is 9.47. The Kier molecular flexibility index (Phi) is 4.35. The fourth-order valence-electron chi connectivity index (χ4n) is 1.09. The molecule has 1 aromatic rings. The number of nitrogens with two attached hydrogens (primary N) is 1. The van der Waals surface area contributed by atoms with Crippen LogP contribution in [0.15, 0.2) is 24.3 Å². The van der Waals surface area contributed by atoms with Gasteiger partial charge in [0.15, 0.2) is 0 Å². The van der Waals surface area contributed by atoms with Gasteiger partial charge in [-0.25, -0.2) is 5.48 Å². The van der Waals surface area contributed by atoms with E-state index in [0.29, 0.717) is 0 Å². The van der Waals surface area contributed by atoms with Gasteiger partial charge >= 0.3 is 15.6 Å². The van der Waals surface area contributed by atoms with Gasteiger partial charge in [-0.05, 0) is 12.1 Å². The highest BCUT2D eigenvalue weighted by Gasteiger charge is 2.48. The van der Waals surface area contributed by atoms with E-state index in [1.54, 1.807) is 0 Å². The van der Waals surface area contributed by atoms with Crippen LogP contribution in [0.2, 0.25) is 0 Å². The molecule has 0 aliphatic rings. The van der Waals surface area contributed by atoms with Gasteiger partial charge < -0.3 is 5.73 Å². The molecular formula is C9H7F3N2O5S. The third-order valence-electron chi connectivity index (χ3n) is 1.96. The van der Waals surface area contributed by atoms with E-state index in [1.165, 1.54) is 12.1 Å². The second-order valence-corrected chi connectivity index (χ2v) is 4.86. The number of carbonyl (C=O) groups is 2. The van der Waals surface area contributed by atoms with Crippen molar-refractivity contribution in [3.8, 4) is 0 Å². The minimum Gasteiger partial charge on any atom is -0.366 e. The zero-order valence-corrected chi connectivity index (χ0v) is 10.3. The highest BCUT2D eigenvalue weighted by molar-refractivity contribution is 7.87. The minimum absolute atomic E-state index is 0.307. The number of hydrogen-bond donors (Lipinski definition) is 2. The SMILES string of the molecule is NC(=O)c1ccccc1C(=O)NOS(=O)(=O)C(F)(F)F. The van der Waals surface area contributed by atoms with E-state index in [9.17, 15) is 31.2 Å². The Hall–Kier alpha value is -2.14. The fraction of sp³-hybridized carbons (Fsp3) is 0.111. The molecule has 0 bridgehead atoms. The van der Waals surface area contributed by atoms with E-state index in [1.807, 2.05) is 0 Å². The summed E-state index contributed by atoms with van der Waals surface area (Å²) in [7, 11) is -5.98. The number of rotatable bonds is 4. The molecule has 0 aromatic heterocycles. The zero-order chi connectivity index (χ0) is 15.6. The number of benzene rings is 1. The molecule has 0 saturated carbocycles. The number of alkyl halides is 3. The molecule has 0 spiro atoms. The molecule has 0 saturated heterocycles. The lowest BCUT2D eigenvalue weighted by molar-refractivity contribution is -0.0571. The lowest BCUT2D eigenvalue weighted by atomic mass is 10.1. The Morgan fingerprint density at radius 2 is 1.65 bits per heavy atom. The topological polar surface area (TPSA) is 116 Å². The Balaban J connectivity index is 2.92. The molecule has 0 heterocycles. The standard InChI is InChI=1S/C9H7F3N2O5S/c10-9(11,12)20(17,18)19-14-8(16)6-4-2-1-3-5(6)7(13)15/h1-4H,(H2,13,15)(H,14,16). The Morgan fingerprint density at radius 1 is 1.15 bits per heavy atom. The van der Waals surface area contributed by atoms with Crippen LogP contribution in [0.3, 0.4) is 0 Å². The summed E-state index contributed by atoms with van der Waals surface area (Å²) in [4.78, 5) is 22.5. The molecule has 0 fully saturated rings. The van der Waals surface area contributed by atoms with Crippen LogP contribution in [0.5, 0.6) is 0 Å². The molecule has 0 aliphatic heterocycles. The monoisotopic (exact) mass is 312 g/mol. The first-order valence-electron chi connectivity index (χ1n) is 4.75. The molecule has 0 aliphatic carbocycles. The number of nitrogens with one attached hydrogen (secondary N) is 1. The maximum atomic E-state index is 12.0. The number of carbonyl (C=O) groups excluding carboxylic acids is 2. The number of hydroxylamine groups is 1. The van der Waals surface area contributed by atoms with Crippen LogP contribution in [-0.2, 0) is 14.4 Å². The maximum absolute atomic E-state index is 12.0. The predicted molar refractivity (Wildman–Crippen MR) is 58.5 cm³/mol. The largest absolute Gasteiger partial charge is 0.525 e. The summed E-state index contributed by atoms with van der Waals surface area (Å²) >= 11 is 0. The summed E-state index contributed by atoms with van der Waals surface area (Å²) < 4.78 is 60.3. The first kappa shape index (κ1) is 15.9. The average Bonchev–Trinajstić information content (AvgIpc) is 2.34. The molecule has 2 amide bonds. The van der Waals surface area contributed by atoms with Crippen molar-refractivity contribution in [2.24, 2.45) is 5.73 Å². The molecule has 20 heavy (non-hydrogen) atoms. The highest BCUT2D eigenvalue weighted by atomic mass is 32.2. The Labute approximate surface area is 110 Å². The van der Waals surface area contributed by atoms with Gasteiger partial charge in [0.25, 0.3) is 5.91 Å². The van der Waals surface area contributed by atoms with E-state index < -0.39 is 33.0 Å². The van der Waals surface area contributed by atoms with Crippen molar-refractivity contribution in [3.63, 3.8) is 0 Å². The molecule has 11 heteroatoms. The van der Waals surface area contributed by atoms with Crippen molar-refractivity contribution < 1.29 is 35.5 Å². The van der Waals surface area contributed by atoms with Gasteiger partial charge in [0.05, 0.1) is 11.1 Å². The molecule has 7 nitrogen and oxygen atoms in total. The molecular weight excluding hydrogens is 305 g/mol. The summed E-state index contributed by atoms with van der Waals surface area (Å²) in [5.74, 6) is -2.39. The van der Waals surface area contributed by atoms with Crippen LogP contribution in [0, 0.1) is 0 Å². The second-order valence-electron chi connectivity index (χ2n) is 3.32. The summed E-state index contributed by atoms with van der Waals surface area (Å²) in [6.07, 6.45) is 0. The van der Waals surface area contributed by atoms with E-state index in [2.05, 4.69) is 4.28 Å². The number of halogens is 3. The normalized spacial score (nSPS) is 11.9. The van der Waals surface area contributed by atoms with E-state index in [-0.39, 0.29) is 5.56 Å². The van der Waals surface area contributed by atoms with Gasteiger partial charge in [-0.15, -0.1) is 4.28 Å².